The van der Waals surface area contributed by atoms with Gasteiger partial charge in [-0.1, -0.05) is 25.6 Å². The van der Waals surface area contributed by atoms with Crippen molar-refractivity contribution in [2.75, 3.05) is 0 Å². The average Bonchev–Trinajstić information content (AvgIpc) is 3.71. The molecule has 0 bridgehead atoms. The fourth-order valence-corrected chi connectivity index (χ4v) is 5.54. The summed E-state index contributed by atoms with van der Waals surface area (Å²) in [6, 6.07) is 18.6. The van der Waals surface area contributed by atoms with Gasteiger partial charge >= 0.3 is 0 Å². The number of nitrogens with one attached hydrogen (secondary N) is 2. The number of hydrogen-bond donors (Lipinski definition) is 2. The summed E-state index contributed by atoms with van der Waals surface area (Å²) in [4.78, 5) is 32.0. The van der Waals surface area contributed by atoms with E-state index < -0.39 is 60.2 Å². The Kier molecular flexibility index (Phi) is 9.00. The Morgan fingerprint density at radius 1 is 0.644 bits per heavy atom. The van der Waals surface area contributed by atoms with Gasteiger partial charge in [0.25, 0.3) is 0 Å². The standard InChI is InChI=1S/C34H24F5IN2O2Si/c1-45(2,3)17-16-18-4-6-19(7-5-18)33(43)24-14-12-22(41-24)26(27-28(35)30(37)32(39)31(38)29(27)36)23-13-15-25(42-23)34(44)20-8-10-21(40)11-9-20/h4-15,26,41-42H,1-3H3. The fourth-order valence-electron chi connectivity index (χ4n) is 4.66. The molecule has 45 heavy (non-hydrogen) atoms. The van der Waals surface area contributed by atoms with E-state index in [2.05, 4.69) is 63.7 Å². The normalized spacial score (nSPS) is 12.0. The molecule has 2 aromatic heterocycles. The molecule has 2 N–H and O–H groups in total. The van der Waals surface area contributed by atoms with Gasteiger partial charge in [0.2, 0.25) is 17.4 Å². The first-order chi connectivity index (χ1) is 21.2. The van der Waals surface area contributed by atoms with Crippen LogP contribution in [0.5, 0.6) is 0 Å². The molecule has 5 rings (SSSR count). The van der Waals surface area contributed by atoms with Crippen molar-refractivity contribution in [3.05, 3.63) is 150 Å². The van der Waals surface area contributed by atoms with E-state index in [1.54, 1.807) is 48.5 Å². The third kappa shape index (κ3) is 6.72. The minimum absolute atomic E-state index is 0.0153. The Balaban J connectivity index is 1.56. The molecule has 1 atom stereocenters. The molecular weight excluding hydrogens is 718 g/mol. The van der Waals surface area contributed by atoms with Crippen molar-refractivity contribution in [3.63, 3.8) is 0 Å². The van der Waals surface area contributed by atoms with Crippen LogP contribution in [0.15, 0.2) is 72.8 Å². The highest BCUT2D eigenvalue weighted by Crippen LogP contribution is 2.37. The quantitative estimate of drug-likeness (QED) is 0.0334. The fraction of sp³-hybridized carbons (Fsp3) is 0.118. The number of benzene rings is 3. The number of ketones is 2. The highest BCUT2D eigenvalue weighted by atomic mass is 127. The third-order valence-corrected chi connectivity index (χ3v) is 8.49. The highest BCUT2D eigenvalue weighted by molar-refractivity contribution is 14.1. The van der Waals surface area contributed by atoms with Gasteiger partial charge < -0.3 is 9.97 Å². The molecule has 0 radical (unpaired) electrons. The summed E-state index contributed by atoms with van der Waals surface area (Å²) in [5.41, 5.74) is 3.39. The van der Waals surface area contributed by atoms with Crippen molar-refractivity contribution < 1.29 is 31.5 Å². The van der Waals surface area contributed by atoms with Gasteiger partial charge in [-0.25, -0.2) is 22.0 Å². The second-order valence-corrected chi connectivity index (χ2v) is 17.3. The van der Waals surface area contributed by atoms with Crippen molar-refractivity contribution in [2.45, 2.75) is 25.6 Å². The van der Waals surface area contributed by atoms with Crippen LogP contribution in [0.4, 0.5) is 22.0 Å². The van der Waals surface area contributed by atoms with E-state index in [-0.39, 0.29) is 22.8 Å². The van der Waals surface area contributed by atoms with Gasteiger partial charge in [-0.2, -0.15) is 0 Å². The summed E-state index contributed by atoms with van der Waals surface area (Å²) in [5, 5.41) is 0. The zero-order chi connectivity index (χ0) is 32.6. The Hall–Kier alpha value is -4.28. The molecule has 0 aliphatic carbocycles. The third-order valence-electron chi connectivity index (χ3n) is 6.90. The molecule has 0 saturated heterocycles. The van der Waals surface area contributed by atoms with Crippen molar-refractivity contribution >= 4 is 42.2 Å². The van der Waals surface area contributed by atoms with Gasteiger partial charge in [0, 0.05) is 37.2 Å². The maximum Gasteiger partial charge on any atom is 0.209 e. The van der Waals surface area contributed by atoms with Gasteiger partial charge in [-0.3, -0.25) is 9.59 Å². The number of rotatable bonds is 7. The van der Waals surface area contributed by atoms with Crippen LogP contribution in [-0.2, 0) is 0 Å². The van der Waals surface area contributed by atoms with E-state index in [9.17, 15) is 22.8 Å². The number of carbonyl (C=O) groups excluding carboxylic acids is 2. The number of H-pyrrole nitrogens is 2. The second-order valence-electron chi connectivity index (χ2n) is 11.3. The second kappa shape index (κ2) is 12.6. The molecule has 0 saturated carbocycles. The van der Waals surface area contributed by atoms with Crippen LogP contribution in [0.2, 0.25) is 19.6 Å². The number of aromatic amines is 2. The topological polar surface area (TPSA) is 65.7 Å². The van der Waals surface area contributed by atoms with Gasteiger partial charge in [0.1, 0.15) is 8.07 Å². The zero-order valence-corrected chi connectivity index (χ0v) is 27.2. The maximum atomic E-state index is 15.2. The average molecular weight is 743 g/mol. The van der Waals surface area contributed by atoms with E-state index >= 15 is 8.78 Å². The summed E-state index contributed by atoms with van der Waals surface area (Å²) < 4.78 is 74.1. The predicted molar refractivity (Wildman–Crippen MR) is 171 cm³/mol. The molecule has 0 aliphatic heterocycles. The van der Waals surface area contributed by atoms with Crippen LogP contribution in [-0.4, -0.2) is 29.6 Å². The molecule has 0 spiro atoms. The molecule has 0 aliphatic rings. The van der Waals surface area contributed by atoms with Crippen LogP contribution in [0.25, 0.3) is 0 Å². The molecule has 4 nitrogen and oxygen atoms in total. The first-order valence-electron chi connectivity index (χ1n) is 13.6. The summed E-state index contributed by atoms with van der Waals surface area (Å²) in [6.07, 6.45) is 0. The van der Waals surface area contributed by atoms with Crippen LogP contribution >= 0.6 is 22.6 Å². The lowest BCUT2D eigenvalue weighted by molar-refractivity contribution is 0.102. The van der Waals surface area contributed by atoms with E-state index in [1.165, 1.54) is 24.3 Å². The van der Waals surface area contributed by atoms with Gasteiger partial charge in [0.05, 0.1) is 17.3 Å². The maximum absolute atomic E-state index is 15.2. The Morgan fingerprint density at radius 3 is 1.51 bits per heavy atom. The lowest BCUT2D eigenvalue weighted by atomic mass is 9.91. The van der Waals surface area contributed by atoms with Crippen molar-refractivity contribution in [2.24, 2.45) is 0 Å². The number of aromatic nitrogens is 2. The molecule has 5 aromatic rings. The molecule has 0 amide bonds. The molecule has 0 fully saturated rings. The monoisotopic (exact) mass is 742 g/mol. The zero-order valence-electron chi connectivity index (χ0n) is 24.1. The van der Waals surface area contributed by atoms with E-state index in [4.69, 9.17) is 0 Å². The van der Waals surface area contributed by atoms with Crippen molar-refractivity contribution in [1.82, 2.24) is 9.97 Å². The first kappa shape index (κ1) is 32.1. The summed E-state index contributed by atoms with van der Waals surface area (Å²) in [6.45, 7) is 6.32. The van der Waals surface area contributed by atoms with E-state index in [0.29, 0.717) is 11.1 Å². The largest absolute Gasteiger partial charge is 0.355 e. The van der Waals surface area contributed by atoms with Gasteiger partial charge in [0.15, 0.2) is 23.3 Å². The molecule has 1 unspecified atom stereocenters. The van der Waals surface area contributed by atoms with Crippen molar-refractivity contribution in [1.29, 1.82) is 0 Å². The van der Waals surface area contributed by atoms with Gasteiger partial charge in [-0.15, -0.1) is 5.54 Å². The van der Waals surface area contributed by atoms with Gasteiger partial charge in [-0.05, 0) is 95.4 Å². The Morgan fingerprint density at radius 2 is 1.07 bits per heavy atom. The Bertz CT molecular complexity index is 1970. The highest BCUT2D eigenvalue weighted by Gasteiger charge is 2.34. The van der Waals surface area contributed by atoms with Crippen LogP contribution in [0, 0.1) is 44.1 Å². The SMILES string of the molecule is C[Si](C)(C)C#Cc1ccc(C(=O)c2ccc(C(c3ccc(C(=O)c4ccc(I)cc4)[nH]3)c3c(F)c(F)c(F)c(F)c3F)[nH]2)cc1. The first-order valence-corrected chi connectivity index (χ1v) is 18.2. The number of hydrogen-bond acceptors (Lipinski definition) is 2. The minimum atomic E-state index is -2.30. The molecule has 228 valence electrons. The van der Waals surface area contributed by atoms with Crippen LogP contribution in [0.1, 0.15) is 60.5 Å². The minimum Gasteiger partial charge on any atom is -0.355 e. The number of carbonyl (C=O) groups is 2. The predicted octanol–water partition coefficient (Wildman–Crippen LogP) is 8.51. The summed E-state index contributed by atoms with van der Waals surface area (Å²) in [5.74, 6) is -10.0. The molecule has 2 heterocycles. The lowest BCUT2D eigenvalue weighted by Gasteiger charge is -2.18. The summed E-state index contributed by atoms with van der Waals surface area (Å²) >= 11 is 2.08. The Labute approximate surface area is 270 Å². The van der Waals surface area contributed by atoms with Crippen LogP contribution in [0.3, 0.4) is 0 Å². The van der Waals surface area contributed by atoms with E-state index in [0.717, 1.165) is 9.13 Å². The smallest absolute Gasteiger partial charge is 0.209 e. The lowest BCUT2D eigenvalue weighted by Crippen LogP contribution is -2.16. The number of halogens is 6. The molecule has 11 heteroatoms. The molecular formula is C34H24F5IN2O2Si. The summed E-state index contributed by atoms with van der Waals surface area (Å²) in [7, 11) is -1.61. The van der Waals surface area contributed by atoms with E-state index in [1.807, 2.05) is 0 Å². The van der Waals surface area contributed by atoms with Crippen molar-refractivity contribution in [3.8, 4) is 11.5 Å². The molecule has 3 aromatic carbocycles. The van der Waals surface area contributed by atoms with Crippen LogP contribution < -0.4 is 0 Å².